The third-order valence-electron chi connectivity index (χ3n) is 5.11. The van der Waals surface area contributed by atoms with E-state index in [1.54, 1.807) is 24.3 Å². The zero-order chi connectivity index (χ0) is 17.5. The van der Waals surface area contributed by atoms with Crippen molar-refractivity contribution >= 4 is 27.6 Å². The van der Waals surface area contributed by atoms with Crippen molar-refractivity contribution in [2.45, 2.75) is 38.3 Å². The predicted octanol–water partition coefficient (Wildman–Crippen LogP) is 2.85. The van der Waals surface area contributed by atoms with Crippen LogP contribution in [-0.4, -0.2) is 32.7 Å². The van der Waals surface area contributed by atoms with Gasteiger partial charge in [0.25, 0.3) is 16.0 Å². The van der Waals surface area contributed by atoms with Crippen LogP contribution in [-0.2, 0) is 14.3 Å². The van der Waals surface area contributed by atoms with Crippen LogP contribution in [0.4, 0.5) is 0 Å². The van der Waals surface area contributed by atoms with Gasteiger partial charge in [-0.05, 0) is 61.3 Å². The van der Waals surface area contributed by atoms with Crippen LogP contribution in [0.25, 0.3) is 0 Å². The minimum atomic E-state index is -3.39. The summed E-state index contributed by atoms with van der Waals surface area (Å²) in [6.07, 6.45) is 3.27. The SMILES string of the molecule is CC[C@H](NC(=O)c1ccc(Cl)cc1)C1C2CC(OS(C)(=O)=O)CC21. The second-order valence-corrected chi connectivity index (χ2v) is 8.83. The Hall–Kier alpha value is -1.11. The molecular formula is C17H22ClNO4S. The van der Waals surface area contributed by atoms with E-state index in [4.69, 9.17) is 15.8 Å². The third-order valence-corrected chi connectivity index (χ3v) is 5.98. The fourth-order valence-electron chi connectivity index (χ4n) is 4.09. The van der Waals surface area contributed by atoms with Crippen molar-refractivity contribution in [3.05, 3.63) is 34.9 Å². The molecule has 1 N–H and O–H groups in total. The van der Waals surface area contributed by atoms with Gasteiger partial charge in [0, 0.05) is 16.6 Å². The second kappa shape index (κ2) is 6.65. The highest BCUT2D eigenvalue weighted by atomic mass is 35.5. The zero-order valence-corrected chi connectivity index (χ0v) is 15.3. The van der Waals surface area contributed by atoms with Crippen molar-refractivity contribution in [2.24, 2.45) is 17.8 Å². The maximum Gasteiger partial charge on any atom is 0.264 e. The third kappa shape index (κ3) is 3.92. The van der Waals surface area contributed by atoms with E-state index in [2.05, 4.69) is 12.2 Å². The first-order valence-corrected chi connectivity index (χ1v) is 10.4. The molecule has 0 heterocycles. The van der Waals surface area contributed by atoms with Gasteiger partial charge >= 0.3 is 0 Å². The van der Waals surface area contributed by atoms with E-state index in [1.165, 1.54) is 0 Å². The molecule has 0 saturated heterocycles. The van der Waals surface area contributed by atoms with Gasteiger partial charge in [-0.25, -0.2) is 0 Å². The highest BCUT2D eigenvalue weighted by Gasteiger charge is 2.59. The molecule has 1 aromatic rings. The number of nitrogens with one attached hydrogen (secondary N) is 1. The molecular weight excluding hydrogens is 350 g/mol. The Morgan fingerprint density at radius 1 is 1.29 bits per heavy atom. The molecule has 2 aliphatic rings. The number of carbonyl (C=O) groups is 1. The number of amides is 1. The Balaban J connectivity index is 1.56. The van der Waals surface area contributed by atoms with Crippen LogP contribution < -0.4 is 5.32 Å². The van der Waals surface area contributed by atoms with Gasteiger partial charge in [-0.3, -0.25) is 8.98 Å². The van der Waals surface area contributed by atoms with Crippen LogP contribution in [0.2, 0.25) is 5.02 Å². The van der Waals surface area contributed by atoms with Crippen molar-refractivity contribution in [3.8, 4) is 0 Å². The first kappa shape index (κ1) is 17.7. The summed E-state index contributed by atoms with van der Waals surface area (Å²) in [6, 6.07) is 6.96. The van der Waals surface area contributed by atoms with Gasteiger partial charge in [0.15, 0.2) is 0 Å². The molecule has 2 aliphatic carbocycles. The van der Waals surface area contributed by atoms with Crippen LogP contribution in [0.3, 0.4) is 0 Å². The smallest absolute Gasteiger partial charge is 0.264 e. The minimum absolute atomic E-state index is 0.0903. The summed E-state index contributed by atoms with van der Waals surface area (Å²) in [5.74, 6) is 1.23. The maximum absolute atomic E-state index is 12.4. The molecule has 7 heteroatoms. The summed E-state index contributed by atoms with van der Waals surface area (Å²) in [5, 5.41) is 3.72. The van der Waals surface area contributed by atoms with Crippen LogP contribution >= 0.6 is 11.6 Å². The Kier molecular flexibility index (Phi) is 4.91. The molecule has 0 aromatic heterocycles. The van der Waals surface area contributed by atoms with Gasteiger partial charge < -0.3 is 5.32 Å². The summed E-state index contributed by atoms with van der Waals surface area (Å²) in [4.78, 5) is 12.4. The molecule has 132 valence electrons. The lowest BCUT2D eigenvalue weighted by Gasteiger charge is -2.21. The first-order chi connectivity index (χ1) is 11.3. The number of fused-ring (bicyclic) bond motifs is 1. The molecule has 1 aromatic carbocycles. The number of hydrogen-bond acceptors (Lipinski definition) is 4. The standard InChI is InChI=1S/C17H22ClNO4S/c1-3-15(19-17(20)10-4-6-11(18)7-5-10)16-13-8-12(9-14(13)16)23-24(2,21)22/h4-7,12-16H,3,8-9H2,1-2H3,(H,19,20)/t12?,13?,14?,15-,16?/m0/s1. The topological polar surface area (TPSA) is 72.5 Å². The molecule has 0 bridgehead atoms. The number of rotatable bonds is 6. The Morgan fingerprint density at radius 2 is 1.88 bits per heavy atom. The Labute approximate surface area is 147 Å². The fraction of sp³-hybridized carbons (Fsp3) is 0.588. The predicted molar refractivity (Wildman–Crippen MR) is 92.4 cm³/mol. The van der Waals surface area contributed by atoms with Crippen LogP contribution in [0.15, 0.2) is 24.3 Å². The number of hydrogen-bond donors (Lipinski definition) is 1. The lowest BCUT2D eigenvalue weighted by molar-refractivity contribution is 0.0925. The first-order valence-electron chi connectivity index (χ1n) is 8.23. The zero-order valence-electron chi connectivity index (χ0n) is 13.7. The summed E-state index contributed by atoms with van der Waals surface area (Å²) >= 11 is 5.85. The number of carbonyl (C=O) groups excluding carboxylic acids is 1. The molecule has 0 spiro atoms. The summed E-state index contributed by atoms with van der Waals surface area (Å²) in [6.45, 7) is 2.06. The summed E-state index contributed by atoms with van der Waals surface area (Å²) < 4.78 is 27.5. The van der Waals surface area contributed by atoms with Gasteiger partial charge in [0.2, 0.25) is 0 Å². The average Bonchev–Trinajstić information content (AvgIpc) is 2.98. The van der Waals surface area contributed by atoms with E-state index in [9.17, 15) is 13.2 Å². The molecule has 2 unspecified atom stereocenters. The molecule has 3 rings (SSSR count). The van der Waals surface area contributed by atoms with Crippen LogP contribution in [0.1, 0.15) is 36.5 Å². The molecule has 0 radical (unpaired) electrons. The molecule has 24 heavy (non-hydrogen) atoms. The van der Waals surface area contributed by atoms with Crippen LogP contribution in [0, 0.1) is 17.8 Å². The van der Waals surface area contributed by atoms with Crippen molar-refractivity contribution < 1.29 is 17.4 Å². The van der Waals surface area contributed by atoms with E-state index >= 15 is 0 Å². The van der Waals surface area contributed by atoms with Crippen molar-refractivity contribution in [1.82, 2.24) is 5.32 Å². The normalized spacial score (nSPS) is 29.8. The second-order valence-electron chi connectivity index (χ2n) is 6.79. The largest absolute Gasteiger partial charge is 0.349 e. The van der Waals surface area contributed by atoms with Gasteiger partial charge in [0.1, 0.15) is 0 Å². The van der Waals surface area contributed by atoms with Gasteiger partial charge in [-0.1, -0.05) is 18.5 Å². The molecule has 3 atom stereocenters. The molecule has 2 fully saturated rings. The lowest BCUT2D eigenvalue weighted by Crippen LogP contribution is -2.37. The fourth-order valence-corrected chi connectivity index (χ4v) is 4.87. The van der Waals surface area contributed by atoms with Gasteiger partial charge in [-0.15, -0.1) is 0 Å². The van der Waals surface area contributed by atoms with Gasteiger partial charge in [0.05, 0.1) is 12.4 Å². The Morgan fingerprint density at radius 3 is 2.38 bits per heavy atom. The van der Waals surface area contributed by atoms with E-state index in [0.717, 1.165) is 25.5 Å². The monoisotopic (exact) mass is 371 g/mol. The van der Waals surface area contributed by atoms with Crippen molar-refractivity contribution in [3.63, 3.8) is 0 Å². The van der Waals surface area contributed by atoms with E-state index in [-0.39, 0.29) is 18.1 Å². The molecule has 0 aliphatic heterocycles. The van der Waals surface area contributed by atoms with E-state index in [0.29, 0.717) is 28.3 Å². The van der Waals surface area contributed by atoms with Crippen molar-refractivity contribution in [1.29, 1.82) is 0 Å². The van der Waals surface area contributed by atoms with E-state index < -0.39 is 10.1 Å². The average molecular weight is 372 g/mol. The van der Waals surface area contributed by atoms with Crippen molar-refractivity contribution in [2.75, 3.05) is 6.26 Å². The Bertz CT molecular complexity index is 707. The highest BCUT2D eigenvalue weighted by Crippen LogP contribution is 2.60. The molecule has 2 saturated carbocycles. The number of benzene rings is 1. The quantitative estimate of drug-likeness (QED) is 0.780. The number of halogens is 1. The van der Waals surface area contributed by atoms with Crippen LogP contribution in [0.5, 0.6) is 0 Å². The van der Waals surface area contributed by atoms with Gasteiger partial charge in [-0.2, -0.15) is 8.42 Å². The molecule has 1 amide bonds. The minimum Gasteiger partial charge on any atom is -0.349 e. The summed E-state index contributed by atoms with van der Waals surface area (Å²) in [5.41, 5.74) is 0.599. The maximum atomic E-state index is 12.4. The highest BCUT2D eigenvalue weighted by molar-refractivity contribution is 7.86. The lowest BCUT2D eigenvalue weighted by atomic mass is 10.0. The summed E-state index contributed by atoms with van der Waals surface area (Å²) in [7, 11) is -3.39. The molecule has 5 nitrogen and oxygen atoms in total. The van der Waals surface area contributed by atoms with E-state index in [1.807, 2.05) is 0 Å².